The average Bonchev–Trinajstić information content (AvgIpc) is 2.68. The number of piperidine rings is 1. The minimum absolute atomic E-state index is 0.125. The monoisotopic (exact) mass is 352 g/mol. The van der Waals surface area contributed by atoms with E-state index in [-0.39, 0.29) is 11.8 Å². The Hall–Kier alpha value is -2.33. The summed E-state index contributed by atoms with van der Waals surface area (Å²) in [5, 5.41) is 3.02. The Kier molecular flexibility index (Phi) is 6.67. The summed E-state index contributed by atoms with van der Waals surface area (Å²) in [5.74, 6) is 1.18. The molecule has 0 radical (unpaired) electrons. The van der Waals surface area contributed by atoms with E-state index in [1.807, 2.05) is 37.3 Å². The molecule has 2 aromatic rings. The van der Waals surface area contributed by atoms with Gasteiger partial charge in [0, 0.05) is 12.5 Å². The van der Waals surface area contributed by atoms with Gasteiger partial charge in [-0.05, 0) is 50.0 Å². The SMILES string of the molecule is Cc1ccccc1OCCNC(=O)C1CCN(Cc2ccccc2)CC1. The van der Waals surface area contributed by atoms with E-state index in [4.69, 9.17) is 4.74 Å². The third-order valence-corrected chi connectivity index (χ3v) is 4.96. The second kappa shape index (κ2) is 9.39. The van der Waals surface area contributed by atoms with Crippen molar-refractivity contribution in [2.45, 2.75) is 26.3 Å². The molecular formula is C22H28N2O2. The molecule has 0 spiro atoms. The highest BCUT2D eigenvalue weighted by molar-refractivity contribution is 5.78. The second-order valence-electron chi connectivity index (χ2n) is 6.94. The van der Waals surface area contributed by atoms with Crippen molar-refractivity contribution in [3.63, 3.8) is 0 Å². The lowest BCUT2D eigenvalue weighted by atomic mass is 9.95. The molecule has 1 fully saturated rings. The first-order valence-electron chi connectivity index (χ1n) is 9.45. The Morgan fingerprint density at radius 2 is 1.77 bits per heavy atom. The summed E-state index contributed by atoms with van der Waals surface area (Å²) < 4.78 is 5.74. The van der Waals surface area contributed by atoms with Gasteiger partial charge < -0.3 is 10.1 Å². The zero-order valence-electron chi connectivity index (χ0n) is 15.5. The summed E-state index contributed by atoms with van der Waals surface area (Å²) in [6, 6.07) is 18.5. The summed E-state index contributed by atoms with van der Waals surface area (Å²) in [6.07, 6.45) is 1.86. The Morgan fingerprint density at radius 1 is 1.08 bits per heavy atom. The first kappa shape index (κ1) is 18.5. The number of carbonyl (C=O) groups excluding carboxylic acids is 1. The van der Waals surface area contributed by atoms with Crippen LogP contribution in [0.1, 0.15) is 24.0 Å². The molecule has 138 valence electrons. The summed E-state index contributed by atoms with van der Waals surface area (Å²) in [5.41, 5.74) is 2.45. The fourth-order valence-corrected chi connectivity index (χ4v) is 3.39. The lowest BCUT2D eigenvalue weighted by Crippen LogP contribution is -2.41. The number of carbonyl (C=O) groups is 1. The van der Waals surface area contributed by atoms with Crippen LogP contribution in [0.4, 0.5) is 0 Å². The van der Waals surface area contributed by atoms with E-state index in [2.05, 4.69) is 34.5 Å². The zero-order valence-corrected chi connectivity index (χ0v) is 15.5. The molecule has 0 unspecified atom stereocenters. The second-order valence-corrected chi connectivity index (χ2v) is 6.94. The molecule has 0 aromatic heterocycles. The van der Waals surface area contributed by atoms with Crippen LogP contribution in [0.15, 0.2) is 54.6 Å². The van der Waals surface area contributed by atoms with Gasteiger partial charge in [0.1, 0.15) is 12.4 Å². The standard InChI is InChI=1S/C22H28N2O2/c1-18-7-5-6-10-21(18)26-16-13-23-22(25)20-11-14-24(15-12-20)17-19-8-3-2-4-9-19/h2-10,20H,11-17H2,1H3,(H,23,25). The first-order valence-corrected chi connectivity index (χ1v) is 9.45. The number of hydrogen-bond acceptors (Lipinski definition) is 3. The Morgan fingerprint density at radius 3 is 2.50 bits per heavy atom. The largest absolute Gasteiger partial charge is 0.491 e. The summed E-state index contributed by atoms with van der Waals surface area (Å²) in [7, 11) is 0. The summed E-state index contributed by atoms with van der Waals surface area (Å²) in [6.45, 7) is 6.01. The lowest BCUT2D eigenvalue weighted by molar-refractivity contribution is -0.126. The normalized spacial score (nSPS) is 15.6. The molecule has 0 aliphatic carbocycles. The molecule has 1 aliphatic heterocycles. The van der Waals surface area contributed by atoms with Crippen molar-refractivity contribution in [1.82, 2.24) is 10.2 Å². The predicted molar refractivity (Wildman–Crippen MR) is 104 cm³/mol. The molecule has 0 bridgehead atoms. The molecule has 3 rings (SSSR count). The van der Waals surface area contributed by atoms with Gasteiger partial charge in [-0.1, -0.05) is 48.5 Å². The maximum Gasteiger partial charge on any atom is 0.223 e. The molecule has 1 saturated heterocycles. The Labute approximate surface area is 156 Å². The van der Waals surface area contributed by atoms with Crippen LogP contribution in [-0.2, 0) is 11.3 Å². The van der Waals surface area contributed by atoms with Gasteiger partial charge in [0.25, 0.3) is 0 Å². The van der Waals surface area contributed by atoms with Gasteiger partial charge >= 0.3 is 0 Å². The molecule has 0 atom stereocenters. The quantitative estimate of drug-likeness (QED) is 0.777. The van der Waals surface area contributed by atoms with Gasteiger partial charge in [0.05, 0.1) is 6.54 Å². The van der Waals surface area contributed by atoms with Crippen molar-refractivity contribution in [3.8, 4) is 5.75 Å². The van der Waals surface area contributed by atoms with E-state index in [1.165, 1.54) is 5.56 Å². The number of aryl methyl sites for hydroxylation is 1. The molecule has 26 heavy (non-hydrogen) atoms. The number of benzene rings is 2. The van der Waals surface area contributed by atoms with E-state index in [0.717, 1.165) is 43.8 Å². The van der Waals surface area contributed by atoms with Crippen molar-refractivity contribution < 1.29 is 9.53 Å². The van der Waals surface area contributed by atoms with Gasteiger partial charge in [0.15, 0.2) is 0 Å². The molecule has 1 heterocycles. The van der Waals surface area contributed by atoms with E-state index in [9.17, 15) is 4.79 Å². The highest BCUT2D eigenvalue weighted by Gasteiger charge is 2.24. The van der Waals surface area contributed by atoms with Crippen molar-refractivity contribution >= 4 is 5.91 Å². The van der Waals surface area contributed by atoms with Crippen LogP contribution >= 0.6 is 0 Å². The third kappa shape index (κ3) is 5.33. The maximum absolute atomic E-state index is 12.4. The smallest absolute Gasteiger partial charge is 0.223 e. The molecular weight excluding hydrogens is 324 g/mol. The van der Waals surface area contributed by atoms with Crippen molar-refractivity contribution in [3.05, 3.63) is 65.7 Å². The topological polar surface area (TPSA) is 41.6 Å². The van der Waals surface area contributed by atoms with Crippen molar-refractivity contribution in [1.29, 1.82) is 0 Å². The fraction of sp³-hybridized carbons (Fsp3) is 0.409. The molecule has 4 heteroatoms. The van der Waals surface area contributed by atoms with Crippen LogP contribution < -0.4 is 10.1 Å². The number of hydrogen-bond donors (Lipinski definition) is 1. The minimum atomic E-state index is 0.125. The minimum Gasteiger partial charge on any atom is -0.491 e. The number of nitrogens with one attached hydrogen (secondary N) is 1. The van der Waals surface area contributed by atoms with E-state index < -0.39 is 0 Å². The lowest BCUT2D eigenvalue weighted by Gasteiger charge is -2.31. The fourth-order valence-electron chi connectivity index (χ4n) is 3.39. The highest BCUT2D eigenvalue weighted by atomic mass is 16.5. The van der Waals surface area contributed by atoms with Gasteiger partial charge in [0.2, 0.25) is 5.91 Å². The van der Waals surface area contributed by atoms with Gasteiger partial charge in [-0.2, -0.15) is 0 Å². The molecule has 1 aliphatic rings. The Bertz CT molecular complexity index is 694. The van der Waals surface area contributed by atoms with Crippen molar-refractivity contribution in [2.75, 3.05) is 26.2 Å². The third-order valence-electron chi connectivity index (χ3n) is 4.96. The number of nitrogens with zero attached hydrogens (tertiary/aromatic N) is 1. The summed E-state index contributed by atoms with van der Waals surface area (Å²) >= 11 is 0. The number of rotatable bonds is 7. The number of ether oxygens (including phenoxy) is 1. The van der Waals surface area contributed by atoms with E-state index in [0.29, 0.717) is 13.2 Å². The Balaban J connectivity index is 1.34. The molecule has 0 saturated carbocycles. The van der Waals surface area contributed by atoms with Crippen LogP contribution in [0.2, 0.25) is 0 Å². The van der Waals surface area contributed by atoms with Crippen molar-refractivity contribution in [2.24, 2.45) is 5.92 Å². The first-order chi connectivity index (χ1) is 12.7. The van der Waals surface area contributed by atoms with E-state index in [1.54, 1.807) is 0 Å². The van der Waals surface area contributed by atoms with Crippen LogP contribution in [-0.4, -0.2) is 37.0 Å². The number of likely N-dealkylation sites (tertiary alicyclic amines) is 1. The van der Waals surface area contributed by atoms with Crippen LogP contribution in [0.5, 0.6) is 5.75 Å². The zero-order chi connectivity index (χ0) is 18.2. The molecule has 4 nitrogen and oxygen atoms in total. The summed E-state index contributed by atoms with van der Waals surface area (Å²) in [4.78, 5) is 14.8. The van der Waals surface area contributed by atoms with Crippen LogP contribution in [0, 0.1) is 12.8 Å². The van der Waals surface area contributed by atoms with Gasteiger partial charge in [-0.25, -0.2) is 0 Å². The van der Waals surface area contributed by atoms with Crippen LogP contribution in [0.3, 0.4) is 0 Å². The molecule has 1 amide bonds. The van der Waals surface area contributed by atoms with Crippen LogP contribution in [0.25, 0.3) is 0 Å². The molecule has 2 aromatic carbocycles. The van der Waals surface area contributed by atoms with E-state index >= 15 is 0 Å². The highest BCUT2D eigenvalue weighted by Crippen LogP contribution is 2.19. The number of para-hydroxylation sites is 1. The number of amides is 1. The maximum atomic E-state index is 12.4. The van der Waals surface area contributed by atoms with Gasteiger partial charge in [-0.3, -0.25) is 9.69 Å². The predicted octanol–water partition coefficient (Wildman–Crippen LogP) is 3.40. The molecule has 1 N–H and O–H groups in total. The van der Waals surface area contributed by atoms with Gasteiger partial charge in [-0.15, -0.1) is 0 Å². The average molecular weight is 352 g/mol.